The van der Waals surface area contributed by atoms with Gasteiger partial charge >= 0.3 is 12.0 Å². The SMILES string of the molecule is CS(=O)(=O)CCNC(=O)Nc1ccc(C(=O)O)cc1F. The molecule has 0 fully saturated rings. The minimum atomic E-state index is -3.20. The molecule has 1 aromatic carbocycles. The standard InChI is InChI=1S/C11H13FN2O5S/c1-20(18,19)5-4-13-11(17)14-9-3-2-7(10(15)16)6-8(9)12/h2-3,6H,4-5H2,1H3,(H,15,16)(H2,13,14,17). The van der Waals surface area contributed by atoms with Gasteiger partial charge in [-0.2, -0.15) is 0 Å². The first-order valence-corrected chi connectivity index (χ1v) is 7.50. The highest BCUT2D eigenvalue weighted by Gasteiger charge is 2.11. The van der Waals surface area contributed by atoms with Gasteiger partial charge in [0.15, 0.2) is 0 Å². The van der Waals surface area contributed by atoms with E-state index in [1.165, 1.54) is 0 Å². The van der Waals surface area contributed by atoms with Crippen molar-refractivity contribution >= 4 is 27.5 Å². The third-order valence-electron chi connectivity index (χ3n) is 2.22. The number of carboxylic acids is 1. The van der Waals surface area contributed by atoms with Crippen molar-refractivity contribution in [3.8, 4) is 0 Å². The van der Waals surface area contributed by atoms with Crippen molar-refractivity contribution in [2.45, 2.75) is 0 Å². The fourth-order valence-electron chi connectivity index (χ4n) is 1.27. The summed E-state index contributed by atoms with van der Waals surface area (Å²) in [7, 11) is -3.20. The van der Waals surface area contributed by atoms with Crippen molar-refractivity contribution in [3.05, 3.63) is 29.6 Å². The maximum Gasteiger partial charge on any atom is 0.335 e. The van der Waals surface area contributed by atoms with Gasteiger partial charge in [-0.25, -0.2) is 22.4 Å². The molecule has 20 heavy (non-hydrogen) atoms. The Hall–Kier alpha value is -2.16. The number of carboxylic acid groups (broad SMARTS) is 1. The van der Waals surface area contributed by atoms with Crippen LogP contribution >= 0.6 is 0 Å². The highest BCUT2D eigenvalue weighted by atomic mass is 32.2. The molecule has 0 radical (unpaired) electrons. The molecular weight excluding hydrogens is 291 g/mol. The third-order valence-corrected chi connectivity index (χ3v) is 3.17. The zero-order valence-electron chi connectivity index (χ0n) is 10.5. The molecule has 0 bridgehead atoms. The summed E-state index contributed by atoms with van der Waals surface area (Å²) in [6.07, 6.45) is 1.02. The van der Waals surface area contributed by atoms with E-state index in [0.717, 1.165) is 24.5 Å². The lowest BCUT2D eigenvalue weighted by Crippen LogP contribution is -2.32. The van der Waals surface area contributed by atoms with Crippen LogP contribution in [0.4, 0.5) is 14.9 Å². The number of carbonyl (C=O) groups is 2. The van der Waals surface area contributed by atoms with E-state index in [9.17, 15) is 22.4 Å². The Labute approximate surface area is 114 Å². The van der Waals surface area contributed by atoms with Gasteiger partial charge in [0.25, 0.3) is 0 Å². The number of urea groups is 1. The number of benzene rings is 1. The van der Waals surface area contributed by atoms with Gasteiger partial charge in [0.05, 0.1) is 17.0 Å². The van der Waals surface area contributed by atoms with Crippen LogP contribution in [0, 0.1) is 5.82 Å². The maximum atomic E-state index is 13.5. The summed E-state index contributed by atoms with van der Waals surface area (Å²) in [5, 5.41) is 13.0. The van der Waals surface area contributed by atoms with Gasteiger partial charge in [-0.05, 0) is 18.2 Å². The summed E-state index contributed by atoms with van der Waals surface area (Å²) in [6.45, 7) is -0.112. The Kier molecular flexibility index (Phi) is 5.03. The van der Waals surface area contributed by atoms with Crippen LogP contribution in [-0.2, 0) is 9.84 Å². The minimum Gasteiger partial charge on any atom is -0.478 e. The number of hydrogen-bond acceptors (Lipinski definition) is 4. The molecule has 0 saturated heterocycles. The van der Waals surface area contributed by atoms with Crippen molar-refractivity contribution in [3.63, 3.8) is 0 Å². The summed E-state index contributed by atoms with van der Waals surface area (Å²) in [5.74, 6) is -2.42. The van der Waals surface area contributed by atoms with Gasteiger partial charge in [0.1, 0.15) is 15.7 Å². The zero-order chi connectivity index (χ0) is 15.3. The monoisotopic (exact) mass is 304 g/mol. The fourth-order valence-corrected chi connectivity index (χ4v) is 1.74. The molecule has 0 heterocycles. The lowest BCUT2D eigenvalue weighted by molar-refractivity contribution is 0.0696. The van der Waals surface area contributed by atoms with Gasteiger partial charge < -0.3 is 15.7 Å². The Bertz CT molecular complexity index is 630. The second-order valence-electron chi connectivity index (χ2n) is 4.01. The van der Waals surface area contributed by atoms with E-state index in [1.807, 2.05) is 0 Å². The third kappa shape index (κ3) is 5.22. The molecule has 110 valence electrons. The Morgan fingerprint density at radius 2 is 2.00 bits per heavy atom. The van der Waals surface area contributed by atoms with Crippen LogP contribution in [0.3, 0.4) is 0 Å². The van der Waals surface area contributed by atoms with E-state index in [2.05, 4.69) is 10.6 Å². The molecule has 0 atom stereocenters. The number of anilines is 1. The fraction of sp³-hybridized carbons (Fsp3) is 0.273. The lowest BCUT2D eigenvalue weighted by Gasteiger charge is -2.08. The first-order chi connectivity index (χ1) is 9.19. The molecule has 0 aromatic heterocycles. The van der Waals surface area contributed by atoms with E-state index in [4.69, 9.17) is 5.11 Å². The number of aromatic carboxylic acids is 1. The summed E-state index contributed by atoms with van der Waals surface area (Å²) < 4.78 is 35.2. The van der Waals surface area contributed by atoms with Crippen molar-refractivity contribution < 1.29 is 27.5 Å². The van der Waals surface area contributed by atoms with E-state index >= 15 is 0 Å². The molecule has 2 amide bonds. The van der Waals surface area contributed by atoms with E-state index in [-0.39, 0.29) is 23.5 Å². The first kappa shape index (κ1) is 15.9. The molecule has 0 unspecified atom stereocenters. The van der Waals surface area contributed by atoms with Crippen LogP contribution in [0.25, 0.3) is 0 Å². The Morgan fingerprint density at radius 1 is 1.35 bits per heavy atom. The molecule has 0 aliphatic rings. The second kappa shape index (κ2) is 6.33. The molecule has 1 aromatic rings. The predicted octanol–water partition coefficient (Wildman–Crippen LogP) is 0.690. The number of hydrogen-bond donors (Lipinski definition) is 3. The predicted molar refractivity (Wildman–Crippen MR) is 70.1 cm³/mol. The number of sulfone groups is 1. The first-order valence-electron chi connectivity index (χ1n) is 5.44. The highest BCUT2D eigenvalue weighted by Crippen LogP contribution is 2.15. The van der Waals surface area contributed by atoms with Crippen molar-refractivity contribution in [2.24, 2.45) is 0 Å². The van der Waals surface area contributed by atoms with Crippen molar-refractivity contribution in [1.29, 1.82) is 0 Å². The van der Waals surface area contributed by atoms with Gasteiger partial charge in [0.2, 0.25) is 0 Å². The molecule has 0 saturated carbocycles. The maximum absolute atomic E-state index is 13.5. The Balaban J connectivity index is 2.60. The molecular formula is C11H13FN2O5S. The zero-order valence-corrected chi connectivity index (χ0v) is 11.3. The van der Waals surface area contributed by atoms with E-state index < -0.39 is 27.7 Å². The van der Waals surface area contributed by atoms with E-state index in [1.54, 1.807) is 0 Å². The molecule has 9 heteroatoms. The van der Waals surface area contributed by atoms with Crippen LogP contribution in [0.5, 0.6) is 0 Å². The van der Waals surface area contributed by atoms with Crippen LogP contribution in [0.2, 0.25) is 0 Å². The molecule has 0 aliphatic carbocycles. The number of halogens is 1. The highest BCUT2D eigenvalue weighted by molar-refractivity contribution is 7.90. The molecule has 0 spiro atoms. The van der Waals surface area contributed by atoms with Crippen LogP contribution in [0.15, 0.2) is 18.2 Å². The lowest BCUT2D eigenvalue weighted by atomic mass is 10.2. The molecule has 7 nitrogen and oxygen atoms in total. The average Bonchev–Trinajstić information content (AvgIpc) is 2.29. The largest absolute Gasteiger partial charge is 0.478 e. The van der Waals surface area contributed by atoms with Crippen LogP contribution in [-0.4, -0.2) is 44.1 Å². The number of amides is 2. The summed E-state index contributed by atoms with van der Waals surface area (Å²) in [4.78, 5) is 22.0. The van der Waals surface area contributed by atoms with Gasteiger partial charge in [0, 0.05) is 12.8 Å². The normalized spacial score (nSPS) is 10.9. The van der Waals surface area contributed by atoms with E-state index in [0.29, 0.717) is 0 Å². The van der Waals surface area contributed by atoms with Crippen LogP contribution in [0.1, 0.15) is 10.4 Å². The number of rotatable bonds is 5. The second-order valence-corrected chi connectivity index (χ2v) is 6.27. The number of nitrogens with one attached hydrogen (secondary N) is 2. The van der Waals surface area contributed by atoms with Gasteiger partial charge in [-0.1, -0.05) is 0 Å². The minimum absolute atomic E-state index is 0.112. The number of carbonyl (C=O) groups excluding carboxylic acids is 1. The molecule has 3 N–H and O–H groups in total. The van der Waals surface area contributed by atoms with Crippen molar-refractivity contribution in [2.75, 3.05) is 23.9 Å². The molecule has 0 aliphatic heterocycles. The van der Waals surface area contributed by atoms with Gasteiger partial charge in [-0.15, -0.1) is 0 Å². The summed E-state index contributed by atoms with van der Waals surface area (Å²) in [5.41, 5.74) is -0.447. The Morgan fingerprint density at radius 3 is 2.50 bits per heavy atom. The van der Waals surface area contributed by atoms with Gasteiger partial charge in [-0.3, -0.25) is 0 Å². The van der Waals surface area contributed by atoms with Crippen LogP contribution < -0.4 is 10.6 Å². The quantitative estimate of drug-likeness (QED) is 0.741. The van der Waals surface area contributed by atoms with Crippen molar-refractivity contribution in [1.82, 2.24) is 5.32 Å². The topological polar surface area (TPSA) is 113 Å². The average molecular weight is 304 g/mol. The smallest absolute Gasteiger partial charge is 0.335 e. The summed E-state index contributed by atoms with van der Waals surface area (Å²) >= 11 is 0. The summed E-state index contributed by atoms with van der Waals surface area (Å²) in [6, 6.07) is 2.23. The molecule has 1 rings (SSSR count).